The fourth-order valence-corrected chi connectivity index (χ4v) is 3.61. The summed E-state index contributed by atoms with van der Waals surface area (Å²) in [7, 11) is 0. The van der Waals surface area contributed by atoms with Crippen LogP contribution in [-0.2, 0) is 0 Å². The molecule has 0 aromatic rings. The van der Waals surface area contributed by atoms with Crippen molar-refractivity contribution in [2.24, 2.45) is 5.92 Å². The Morgan fingerprint density at radius 3 is 2.81 bits per heavy atom. The van der Waals surface area contributed by atoms with Crippen molar-refractivity contribution in [2.75, 3.05) is 19.6 Å². The van der Waals surface area contributed by atoms with Crippen LogP contribution in [0.4, 0.5) is 0 Å². The first-order valence-corrected chi connectivity index (χ1v) is 7.27. The van der Waals surface area contributed by atoms with Crippen LogP contribution in [0.3, 0.4) is 0 Å². The van der Waals surface area contributed by atoms with Crippen LogP contribution in [0.25, 0.3) is 0 Å². The quantitative estimate of drug-likeness (QED) is 0.789. The molecule has 2 heteroatoms. The molecule has 1 saturated carbocycles. The van der Waals surface area contributed by atoms with E-state index in [-0.39, 0.29) is 0 Å². The normalized spacial score (nSPS) is 40.7. The molecule has 0 aromatic carbocycles. The second kappa shape index (κ2) is 4.30. The summed E-state index contributed by atoms with van der Waals surface area (Å²) in [5.41, 5.74) is 0.557. The van der Waals surface area contributed by atoms with Gasteiger partial charge in [0.05, 0.1) is 0 Å². The molecular weight excluding hydrogens is 196 g/mol. The highest BCUT2D eigenvalue weighted by Crippen LogP contribution is 2.38. The number of nitrogens with one attached hydrogen (secondary N) is 1. The molecule has 2 unspecified atom stereocenters. The topological polar surface area (TPSA) is 15.3 Å². The smallest absolute Gasteiger partial charge is 0.0335 e. The van der Waals surface area contributed by atoms with Gasteiger partial charge in [0.15, 0.2) is 0 Å². The summed E-state index contributed by atoms with van der Waals surface area (Å²) in [6.07, 6.45) is 10.2. The zero-order valence-corrected chi connectivity index (χ0v) is 10.7. The van der Waals surface area contributed by atoms with Crippen LogP contribution in [0.15, 0.2) is 0 Å². The summed E-state index contributed by atoms with van der Waals surface area (Å²) < 4.78 is 0. The first kappa shape index (κ1) is 11.0. The second-order valence-corrected chi connectivity index (χ2v) is 6.37. The van der Waals surface area contributed by atoms with E-state index in [9.17, 15) is 0 Å². The van der Waals surface area contributed by atoms with Gasteiger partial charge in [-0.1, -0.05) is 12.8 Å². The summed E-state index contributed by atoms with van der Waals surface area (Å²) in [6.45, 7) is 6.32. The largest absolute Gasteiger partial charge is 0.312 e. The Labute approximate surface area is 99.8 Å². The van der Waals surface area contributed by atoms with Crippen molar-refractivity contribution in [1.29, 1.82) is 0 Å². The van der Waals surface area contributed by atoms with E-state index in [4.69, 9.17) is 0 Å². The minimum Gasteiger partial charge on any atom is -0.312 e. The summed E-state index contributed by atoms with van der Waals surface area (Å²) in [6, 6.07) is 0.747. The minimum atomic E-state index is 0.557. The van der Waals surface area contributed by atoms with Gasteiger partial charge >= 0.3 is 0 Å². The molecule has 1 N–H and O–H groups in total. The van der Waals surface area contributed by atoms with Crippen molar-refractivity contribution in [3.8, 4) is 0 Å². The molecule has 0 radical (unpaired) electrons. The number of piperidine rings is 1. The Morgan fingerprint density at radius 2 is 2.12 bits per heavy atom. The lowest BCUT2D eigenvalue weighted by atomic mass is 9.85. The SMILES string of the molecule is CC1CCC2(CCCN2CCC2CC2)CN1. The maximum absolute atomic E-state index is 3.71. The van der Waals surface area contributed by atoms with Crippen LogP contribution in [0.5, 0.6) is 0 Å². The van der Waals surface area contributed by atoms with Gasteiger partial charge in [-0.05, 0) is 58.0 Å². The third-order valence-corrected chi connectivity index (χ3v) is 5.07. The fourth-order valence-electron chi connectivity index (χ4n) is 3.61. The predicted octanol–water partition coefficient (Wildman–Crippen LogP) is 2.39. The van der Waals surface area contributed by atoms with E-state index in [1.54, 1.807) is 0 Å². The second-order valence-electron chi connectivity index (χ2n) is 6.37. The van der Waals surface area contributed by atoms with Crippen LogP contribution in [-0.4, -0.2) is 36.1 Å². The van der Waals surface area contributed by atoms with E-state index in [1.807, 2.05) is 0 Å². The zero-order chi connectivity index (χ0) is 11.0. The van der Waals surface area contributed by atoms with E-state index >= 15 is 0 Å². The van der Waals surface area contributed by atoms with Crippen molar-refractivity contribution in [3.63, 3.8) is 0 Å². The maximum atomic E-state index is 3.71. The van der Waals surface area contributed by atoms with Gasteiger partial charge in [-0.3, -0.25) is 4.90 Å². The van der Waals surface area contributed by atoms with Crippen molar-refractivity contribution < 1.29 is 0 Å². The molecule has 3 aliphatic rings. The highest BCUT2D eigenvalue weighted by atomic mass is 15.2. The molecule has 0 amide bonds. The molecule has 2 atom stereocenters. The highest BCUT2D eigenvalue weighted by Gasteiger charge is 2.42. The van der Waals surface area contributed by atoms with E-state index < -0.39 is 0 Å². The fraction of sp³-hybridized carbons (Fsp3) is 1.00. The monoisotopic (exact) mass is 222 g/mol. The molecule has 0 bridgehead atoms. The van der Waals surface area contributed by atoms with E-state index in [1.165, 1.54) is 64.6 Å². The van der Waals surface area contributed by atoms with Gasteiger partial charge < -0.3 is 5.32 Å². The zero-order valence-electron chi connectivity index (χ0n) is 10.7. The van der Waals surface area contributed by atoms with Gasteiger partial charge in [-0.15, -0.1) is 0 Å². The Hall–Kier alpha value is -0.0800. The number of rotatable bonds is 3. The number of hydrogen-bond acceptors (Lipinski definition) is 2. The molecular formula is C14H26N2. The lowest BCUT2D eigenvalue weighted by Gasteiger charge is -2.44. The van der Waals surface area contributed by atoms with Crippen LogP contribution in [0.2, 0.25) is 0 Å². The molecule has 92 valence electrons. The summed E-state index contributed by atoms with van der Waals surface area (Å²) in [5, 5.41) is 3.71. The van der Waals surface area contributed by atoms with Crippen LogP contribution in [0.1, 0.15) is 51.9 Å². The lowest BCUT2D eigenvalue weighted by molar-refractivity contribution is 0.0912. The molecule has 3 fully saturated rings. The maximum Gasteiger partial charge on any atom is 0.0335 e. The minimum absolute atomic E-state index is 0.557. The third kappa shape index (κ3) is 2.14. The standard InChI is InChI=1S/C14H26N2/c1-12-5-8-14(11-15-12)7-2-9-16(14)10-6-13-3-4-13/h12-13,15H,2-11H2,1H3. The Bertz CT molecular complexity index is 239. The van der Waals surface area contributed by atoms with Crippen LogP contribution >= 0.6 is 0 Å². The molecule has 0 aromatic heterocycles. The van der Waals surface area contributed by atoms with E-state index in [0.29, 0.717) is 5.54 Å². The highest BCUT2D eigenvalue weighted by molar-refractivity contribution is 5.01. The average Bonchev–Trinajstić information content (AvgIpc) is 3.04. The van der Waals surface area contributed by atoms with Gasteiger partial charge in [0.25, 0.3) is 0 Å². The van der Waals surface area contributed by atoms with Crippen molar-refractivity contribution in [3.05, 3.63) is 0 Å². The molecule has 16 heavy (non-hydrogen) atoms. The third-order valence-electron chi connectivity index (χ3n) is 5.07. The number of likely N-dealkylation sites (tertiary alicyclic amines) is 1. The van der Waals surface area contributed by atoms with Crippen molar-refractivity contribution in [2.45, 2.75) is 63.5 Å². The molecule has 2 saturated heterocycles. The molecule has 1 spiro atoms. The molecule has 2 heterocycles. The molecule has 1 aliphatic carbocycles. The van der Waals surface area contributed by atoms with Crippen LogP contribution in [0, 0.1) is 5.92 Å². The summed E-state index contributed by atoms with van der Waals surface area (Å²) in [5.74, 6) is 1.09. The van der Waals surface area contributed by atoms with E-state index in [2.05, 4.69) is 17.1 Å². The van der Waals surface area contributed by atoms with Gasteiger partial charge in [0, 0.05) is 18.1 Å². The Morgan fingerprint density at radius 1 is 1.25 bits per heavy atom. The van der Waals surface area contributed by atoms with Crippen molar-refractivity contribution in [1.82, 2.24) is 10.2 Å². The van der Waals surface area contributed by atoms with Gasteiger partial charge in [-0.2, -0.15) is 0 Å². The molecule has 3 rings (SSSR count). The lowest BCUT2D eigenvalue weighted by Crippen LogP contribution is -2.56. The first-order valence-electron chi connectivity index (χ1n) is 7.27. The van der Waals surface area contributed by atoms with Crippen LogP contribution < -0.4 is 5.32 Å². The van der Waals surface area contributed by atoms with Gasteiger partial charge in [0.2, 0.25) is 0 Å². The predicted molar refractivity (Wildman–Crippen MR) is 67.6 cm³/mol. The Kier molecular flexibility index (Phi) is 2.97. The van der Waals surface area contributed by atoms with Gasteiger partial charge in [-0.25, -0.2) is 0 Å². The average molecular weight is 222 g/mol. The first-order chi connectivity index (χ1) is 7.78. The summed E-state index contributed by atoms with van der Waals surface area (Å²) in [4.78, 5) is 2.82. The van der Waals surface area contributed by atoms with Crippen molar-refractivity contribution >= 4 is 0 Å². The summed E-state index contributed by atoms with van der Waals surface area (Å²) >= 11 is 0. The Balaban J connectivity index is 1.58. The number of hydrogen-bond donors (Lipinski definition) is 1. The number of nitrogens with zero attached hydrogens (tertiary/aromatic N) is 1. The molecule has 2 aliphatic heterocycles. The van der Waals surface area contributed by atoms with Gasteiger partial charge in [0.1, 0.15) is 0 Å². The molecule has 2 nitrogen and oxygen atoms in total. The van der Waals surface area contributed by atoms with E-state index in [0.717, 1.165) is 12.0 Å².